The molecule has 0 radical (unpaired) electrons. The maximum atomic E-state index is 2.55. The van der Waals surface area contributed by atoms with E-state index < -0.39 is 21.8 Å². The summed E-state index contributed by atoms with van der Waals surface area (Å²) in [7, 11) is 0. The van der Waals surface area contributed by atoms with Crippen molar-refractivity contribution in [1.82, 2.24) is 0 Å². The molecular weight excluding hydrogens is 283 g/mol. The molecule has 0 saturated carbocycles. The molecule has 0 atom stereocenters. The molecule has 0 aromatic heterocycles. The Morgan fingerprint density at radius 2 is 1.94 bits per heavy atom. The first-order chi connectivity index (χ1) is 7.89. The van der Waals surface area contributed by atoms with Gasteiger partial charge in [0.2, 0.25) is 0 Å². The van der Waals surface area contributed by atoms with Gasteiger partial charge >= 0.3 is 114 Å². The Morgan fingerprint density at radius 3 is 2.41 bits per heavy atom. The molecule has 0 aromatic carbocycles. The molecule has 91 valence electrons. The normalized spacial score (nSPS) is 19.8. The van der Waals surface area contributed by atoms with Crippen molar-refractivity contribution in [3.05, 3.63) is 42.0 Å². The van der Waals surface area contributed by atoms with Gasteiger partial charge in [0.05, 0.1) is 0 Å². The number of allylic oxidation sites excluding steroid dienone is 8. The molecule has 0 amide bonds. The molecule has 0 heterocycles. The van der Waals surface area contributed by atoms with Crippen LogP contribution in [0, 0.1) is 5.41 Å². The van der Waals surface area contributed by atoms with E-state index in [1.54, 1.807) is 14.4 Å². The van der Waals surface area contributed by atoms with Crippen LogP contribution in [0.25, 0.3) is 0 Å². The van der Waals surface area contributed by atoms with Crippen LogP contribution in [-0.2, 0) is 21.8 Å². The number of hydrogen-bond donors (Lipinski definition) is 0. The average Bonchev–Trinajstić information content (AvgIpc) is 2.83. The molecule has 0 saturated heterocycles. The topological polar surface area (TPSA) is 0 Å². The third kappa shape index (κ3) is 2.81. The average molecular weight is 307 g/mol. The molecule has 0 unspecified atom stereocenters. The molecule has 0 spiro atoms. The van der Waals surface area contributed by atoms with Crippen molar-refractivity contribution in [3.8, 4) is 0 Å². The summed E-state index contributed by atoms with van der Waals surface area (Å²) in [5, 5.41) is 0. The van der Waals surface area contributed by atoms with Gasteiger partial charge in [0.25, 0.3) is 0 Å². The third-order valence-corrected chi connectivity index (χ3v) is 10.8. The second kappa shape index (κ2) is 4.84. The van der Waals surface area contributed by atoms with Gasteiger partial charge in [0.15, 0.2) is 0 Å². The molecule has 2 aliphatic carbocycles. The van der Waals surface area contributed by atoms with Crippen LogP contribution in [0.3, 0.4) is 0 Å². The fourth-order valence-electron chi connectivity index (χ4n) is 2.56. The van der Waals surface area contributed by atoms with E-state index >= 15 is 0 Å². The summed E-state index contributed by atoms with van der Waals surface area (Å²) in [5.41, 5.74) is 3.56. The predicted molar refractivity (Wildman–Crippen MR) is 72.6 cm³/mol. The van der Waals surface area contributed by atoms with E-state index in [-0.39, 0.29) is 0 Å². The first-order valence-corrected chi connectivity index (χ1v) is 11.4. The maximum absolute atomic E-state index is 2.55. The van der Waals surface area contributed by atoms with Gasteiger partial charge in [-0.25, -0.2) is 0 Å². The molecule has 0 N–H and O–H groups in total. The fraction of sp³-hybridized carbons (Fsp3) is 0.500. The summed E-state index contributed by atoms with van der Waals surface area (Å²) in [6.07, 6.45) is 11.9. The first-order valence-electron chi connectivity index (χ1n) is 6.50. The zero-order chi connectivity index (χ0) is 12.6. The zero-order valence-electron chi connectivity index (χ0n) is 11.7. The van der Waals surface area contributed by atoms with Crippen molar-refractivity contribution in [2.24, 2.45) is 5.41 Å². The Balaban J connectivity index is 2.13. The summed E-state index contributed by atoms with van der Waals surface area (Å²) in [4.78, 5) is 0. The van der Waals surface area contributed by atoms with Crippen LogP contribution in [0.4, 0.5) is 0 Å². The van der Waals surface area contributed by atoms with E-state index in [1.807, 2.05) is 3.28 Å². The van der Waals surface area contributed by atoms with E-state index in [2.05, 4.69) is 56.6 Å². The summed E-state index contributed by atoms with van der Waals surface area (Å²) >= 11 is -1.46. The van der Waals surface area contributed by atoms with Crippen LogP contribution in [-0.4, -0.2) is 0 Å². The van der Waals surface area contributed by atoms with Crippen molar-refractivity contribution < 1.29 is 21.8 Å². The van der Waals surface area contributed by atoms with E-state index in [0.717, 1.165) is 0 Å². The molecule has 1 heteroatoms. The van der Waals surface area contributed by atoms with Gasteiger partial charge in [0, 0.05) is 0 Å². The second-order valence-corrected chi connectivity index (χ2v) is 12.3. The van der Waals surface area contributed by atoms with Crippen molar-refractivity contribution in [1.29, 1.82) is 0 Å². The summed E-state index contributed by atoms with van der Waals surface area (Å²) < 4.78 is 6.15. The van der Waals surface area contributed by atoms with Crippen LogP contribution in [0.1, 0.15) is 40.5 Å². The van der Waals surface area contributed by atoms with Gasteiger partial charge in [-0.2, -0.15) is 0 Å². The number of hydrogen-bond acceptors (Lipinski definition) is 0. The van der Waals surface area contributed by atoms with Gasteiger partial charge < -0.3 is 0 Å². The number of rotatable bonds is 2. The van der Waals surface area contributed by atoms with E-state index in [1.165, 1.54) is 12.8 Å². The summed E-state index contributed by atoms with van der Waals surface area (Å²) in [5.74, 6) is 0. The van der Waals surface area contributed by atoms with Gasteiger partial charge in [-0.3, -0.25) is 0 Å². The van der Waals surface area contributed by atoms with E-state index in [4.69, 9.17) is 0 Å². The minimum absolute atomic E-state index is 0.342. The Morgan fingerprint density at radius 1 is 1.24 bits per heavy atom. The molecule has 17 heavy (non-hydrogen) atoms. The molecule has 0 bridgehead atoms. The zero-order valence-corrected chi connectivity index (χ0v) is 14.2. The minimum atomic E-state index is -1.46. The summed E-state index contributed by atoms with van der Waals surface area (Å²) in [6.45, 7) is 9.33. The van der Waals surface area contributed by atoms with E-state index in [0.29, 0.717) is 5.41 Å². The quantitative estimate of drug-likeness (QED) is 0.662. The SMILES string of the molecule is CC1=[C]([Zr]([CH3])[C]2=CC=CC2)CC(C(C)(C)C)=C1. The molecule has 0 aromatic rings. The standard InChI is InChI=1S/C10H15.C5H5.CH3.Zr/c1-8-5-6-9(7-8)10(2,3)4;1-2-4-5-3-1;;/h7H,6H2,1-4H3;1-3H,4H2;1H3;. The van der Waals surface area contributed by atoms with Crippen molar-refractivity contribution in [2.45, 2.75) is 45.2 Å². The summed E-state index contributed by atoms with van der Waals surface area (Å²) in [6, 6.07) is 0. The molecule has 2 rings (SSSR count). The Kier molecular flexibility index (Phi) is 3.78. The second-order valence-electron chi connectivity index (χ2n) is 6.21. The molecule has 0 fully saturated rings. The van der Waals surface area contributed by atoms with Crippen LogP contribution in [0.15, 0.2) is 42.0 Å². The van der Waals surface area contributed by atoms with Gasteiger partial charge in [-0.1, -0.05) is 0 Å². The Bertz CT molecular complexity index is 439. The van der Waals surface area contributed by atoms with Crippen LogP contribution >= 0.6 is 0 Å². The fourth-order valence-corrected chi connectivity index (χ4v) is 8.16. The van der Waals surface area contributed by atoms with Crippen molar-refractivity contribution >= 4 is 0 Å². The van der Waals surface area contributed by atoms with E-state index in [9.17, 15) is 0 Å². The molecule has 0 aliphatic heterocycles. The van der Waals surface area contributed by atoms with Gasteiger partial charge in [-0.05, 0) is 0 Å². The van der Waals surface area contributed by atoms with Crippen LogP contribution in [0.2, 0.25) is 4.63 Å². The van der Waals surface area contributed by atoms with Crippen molar-refractivity contribution in [3.63, 3.8) is 0 Å². The van der Waals surface area contributed by atoms with Crippen LogP contribution < -0.4 is 0 Å². The van der Waals surface area contributed by atoms with Crippen molar-refractivity contribution in [2.75, 3.05) is 0 Å². The third-order valence-electron chi connectivity index (χ3n) is 3.90. The molecule has 2 aliphatic rings. The predicted octanol–water partition coefficient (Wildman–Crippen LogP) is 5.15. The van der Waals surface area contributed by atoms with Crippen LogP contribution in [0.5, 0.6) is 0 Å². The Hall–Kier alpha value is -0.157. The molecule has 0 nitrogen and oxygen atoms in total. The molecular formula is C16H23Zr. The Labute approximate surface area is 114 Å². The van der Waals surface area contributed by atoms with Gasteiger partial charge in [-0.15, -0.1) is 0 Å². The first kappa shape index (κ1) is 13.3. The monoisotopic (exact) mass is 305 g/mol. The van der Waals surface area contributed by atoms with Gasteiger partial charge in [0.1, 0.15) is 0 Å².